The van der Waals surface area contributed by atoms with Crippen LogP contribution in [0, 0.1) is 19.8 Å². The van der Waals surface area contributed by atoms with Gasteiger partial charge in [0, 0.05) is 0 Å². The summed E-state index contributed by atoms with van der Waals surface area (Å²) < 4.78 is 0. The van der Waals surface area contributed by atoms with Crippen LogP contribution in [0.1, 0.15) is 34.6 Å². The second kappa shape index (κ2) is 7.77. The SMILES string of the molecule is Cc1ccc(C)c(CC(=O)O)c1.O=C(O)[C@@H]1C[C@H]1c1ccccc1. The first kappa shape index (κ1) is 17.7. The molecule has 0 bridgehead atoms. The third kappa shape index (κ3) is 4.95. The summed E-state index contributed by atoms with van der Waals surface area (Å²) in [6.45, 7) is 3.89. The van der Waals surface area contributed by atoms with Crippen molar-refractivity contribution in [1.82, 2.24) is 0 Å². The van der Waals surface area contributed by atoms with E-state index in [1.807, 2.05) is 62.4 Å². The van der Waals surface area contributed by atoms with Crippen LogP contribution >= 0.6 is 0 Å². The van der Waals surface area contributed by atoms with Gasteiger partial charge in [-0.05, 0) is 42.9 Å². The molecule has 0 radical (unpaired) electrons. The van der Waals surface area contributed by atoms with Crippen molar-refractivity contribution in [2.75, 3.05) is 0 Å². The standard InChI is InChI=1S/C10H10O2.C10H12O2/c11-10(12)9-6-8(9)7-4-2-1-3-5-7;1-7-3-4-8(2)9(5-7)6-10(11)12/h1-5,8-9H,6H2,(H,11,12);3-5H,6H2,1-2H3,(H,11,12)/t8-,9+;/m0./s1. The Balaban J connectivity index is 0.000000174. The molecule has 2 N–H and O–H groups in total. The molecule has 2 atom stereocenters. The Labute approximate surface area is 141 Å². The first-order valence-corrected chi connectivity index (χ1v) is 7.94. The highest BCUT2D eigenvalue weighted by Gasteiger charge is 2.43. The maximum Gasteiger partial charge on any atom is 0.307 e. The van der Waals surface area contributed by atoms with Gasteiger partial charge in [-0.25, -0.2) is 0 Å². The predicted octanol–water partition coefficient (Wildman–Crippen LogP) is 3.81. The molecule has 0 aliphatic heterocycles. The van der Waals surface area contributed by atoms with Crippen LogP contribution < -0.4 is 0 Å². The average Bonchev–Trinajstić information content (AvgIpc) is 3.33. The van der Waals surface area contributed by atoms with Crippen LogP contribution in [-0.2, 0) is 16.0 Å². The van der Waals surface area contributed by atoms with Gasteiger partial charge in [0.05, 0.1) is 12.3 Å². The summed E-state index contributed by atoms with van der Waals surface area (Å²) in [7, 11) is 0. The predicted molar refractivity (Wildman–Crippen MR) is 92.2 cm³/mol. The second-order valence-corrected chi connectivity index (χ2v) is 6.20. The van der Waals surface area contributed by atoms with E-state index in [-0.39, 0.29) is 18.3 Å². The van der Waals surface area contributed by atoms with Crippen LogP contribution in [0.4, 0.5) is 0 Å². The van der Waals surface area contributed by atoms with Crippen LogP contribution in [0.15, 0.2) is 48.5 Å². The minimum atomic E-state index is -0.774. The molecule has 1 aliphatic rings. The normalized spacial score (nSPS) is 18.2. The Morgan fingerprint density at radius 3 is 2.25 bits per heavy atom. The molecule has 1 saturated carbocycles. The Bertz CT molecular complexity index is 722. The van der Waals surface area contributed by atoms with Crippen LogP contribution in [0.2, 0.25) is 0 Å². The fourth-order valence-corrected chi connectivity index (χ4v) is 2.69. The molecular weight excluding hydrogens is 304 g/mol. The molecule has 0 heterocycles. The molecule has 3 rings (SSSR count). The van der Waals surface area contributed by atoms with Gasteiger partial charge in [-0.2, -0.15) is 0 Å². The van der Waals surface area contributed by atoms with Gasteiger partial charge >= 0.3 is 11.9 Å². The van der Waals surface area contributed by atoms with E-state index in [0.29, 0.717) is 0 Å². The van der Waals surface area contributed by atoms with Crippen LogP contribution in [0.3, 0.4) is 0 Å². The van der Waals surface area contributed by atoms with Crippen LogP contribution in [0.25, 0.3) is 0 Å². The number of carbonyl (C=O) groups is 2. The average molecular weight is 326 g/mol. The molecule has 4 heteroatoms. The molecule has 2 aromatic carbocycles. The van der Waals surface area contributed by atoms with E-state index in [0.717, 1.165) is 28.7 Å². The highest BCUT2D eigenvalue weighted by atomic mass is 16.4. The lowest BCUT2D eigenvalue weighted by molar-refractivity contribution is -0.139. The van der Waals surface area contributed by atoms with Crippen molar-refractivity contribution < 1.29 is 19.8 Å². The van der Waals surface area contributed by atoms with Gasteiger partial charge in [0.1, 0.15) is 0 Å². The second-order valence-electron chi connectivity index (χ2n) is 6.20. The van der Waals surface area contributed by atoms with E-state index in [1.54, 1.807) is 0 Å². The first-order chi connectivity index (χ1) is 11.4. The number of hydrogen-bond donors (Lipinski definition) is 2. The molecule has 0 spiro atoms. The fourth-order valence-electron chi connectivity index (χ4n) is 2.69. The highest BCUT2D eigenvalue weighted by Crippen LogP contribution is 2.47. The number of aliphatic carboxylic acids is 2. The summed E-state index contributed by atoms with van der Waals surface area (Å²) in [5.74, 6) is -1.30. The molecule has 126 valence electrons. The molecule has 0 aromatic heterocycles. The maximum absolute atomic E-state index is 10.5. The third-order valence-corrected chi connectivity index (χ3v) is 4.18. The number of carboxylic acids is 2. The van der Waals surface area contributed by atoms with Crippen molar-refractivity contribution in [3.05, 3.63) is 70.8 Å². The van der Waals surface area contributed by atoms with E-state index in [4.69, 9.17) is 10.2 Å². The maximum atomic E-state index is 10.5. The molecule has 2 aromatic rings. The van der Waals surface area contributed by atoms with E-state index in [2.05, 4.69) is 0 Å². The number of aryl methyl sites for hydroxylation is 2. The van der Waals surface area contributed by atoms with Crippen LogP contribution in [-0.4, -0.2) is 22.2 Å². The third-order valence-electron chi connectivity index (χ3n) is 4.18. The van der Waals surface area contributed by atoms with Gasteiger partial charge in [0.15, 0.2) is 0 Å². The van der Waals surface area contributed by atoms with Crippen molar-refractivity contribution in [2.24, 2.45) is 5.92 Å². The van der Waals surface area contributed by atoms with Crippen molar-refractivity contribution in [3.63, 3.8) is 0 Å². The van der Waals surface area contributed by atoms with Crippen molar-refractivity contribution in [1.29, 1.82) is 0 Å². The van der Waals surface area contributed by atoms with E-state index in [1.165, 1.54) is 0 Å². The summed E-state index contributed by atoms with van der Waals surface area (Å²) in [6, 6.07) is 15.7. The number of hydrogen-bond acceptors (Lipinski definition) is 2. The quantitative estimate of drug-likeness (QED) is 0.896. The zero-order chi connectivity index (χ0) is 17.7. The molecule has 0 amide bonds. The van der Waals surface area contributed by atoms with Crippen molar-refractivity contribution in [2.45, 2.75) is 32.6 Å². The van der Waals surface area contributed by atoms with Crippen LogP contribution in [0.5, 0.6) is 0 Å². The van der Waals surface area contributed by atoms with E-state index >= 15 is 0 Å². The molecule has 4 nitrogen and oxygen atoms in total. The zero-order valence-corrected chi connectivity index (χ0v) is 13.9. The Morgan fingerprint density at radius 2 is 1.71 bits per heavy atom. The van der Waals surface area contributed by atoms with Gasteiger partial charge < -0.3 is 10.2 Å². The summed E-state index contributed by atoms with van der Waals surface area (Å²) in [5.41, 5.74) is 4.22. The zero-order valence-electron chi connectivity index (χ0n) is 13.9. The van der Waals surface area contributed by atoms with Gasteiger partial charge in [-0.1, -0.05) is 54.1 Å². The van der Waals surface area contributed by atoms with Crippen molar-refractivity contribution in [3.8, 4) is 0 Å². The Kier molecular flexibility index (Phi) is 5.74. The smallest absolute Gasteiger partial charge is 0.307 e. The fraction of sp³-hybridized carbons (Fsp3) is 0.300. The number of carboxylic acid groups (broad SMARTS) is 2. The lowest BCUT2D eigenvalue weighted by atomic mass is 10.0. The largest absolute Gasteiger partial charge is 0.481 e. The van der Waals surface area contributed by atoms with Gasteiger partial charge in [-0.15, -0.1) is 0 Å². The number of benzene rings is 2. The molecule has 24 heavy (non-hydrogen) atoms. The first-order valence-electron chi connectivity index (χ1n) is 7.94. The molecule has 1 aliphatic carbocycles. The summed E-state index contributed by atoms with van der Waals surface area (Å²) in [6.07, 6.45) is 0.923. The minimum Gasteiger partial charge on any atom is -0.481 e. The monoisotopic (exact) mass is 326 g/mol. The Morgan fingerprint density at radius 1 is 1.04 bits per heavy atom. The highest BCUT2D eigenvalue weighted by molar-refractivity contribution is 5.75. The van der Waals surface area contributed by atoms with Crippen molar-refractivity contribution >= 4 is 11.9 Å². The summed E-state index contributed by atoms with van der Waals surface area (Å²) >= 11 is 0. The van der Waals surface area contributed by atoms with Gasteiger partial charge in [0.25, 0.3) is 0 Å². The van der Waals surface area contributed by atoms with E-state index < -0.39 is 11.9 Å². The van der Waals surface area contributed by atoms with Gasteiger partial charge in [-0.3, -0.25) is 9.59 Å². The van der Waals surface area contributed by atoms with E-state index in [9.17, 15) is 9.59 Å². The molecule has 1 fully saturated rings. The van der Waals surface area contributed by atoms with Gasteiger partial charge in [0.2, 0.25) is 0 Å². The minimum absolute atomic E-state index is 0.119. The molecule has 0 saturated heterocycles. The summed E-state index contributed by atoms with van der Waals surface area (Å²) in [4.78, 5) is 21.0. The Hall–Kier alpha value is -2.62. The summed E-state index contributed by atoms with van der Waals surface area (Å²) in [5, 5.41) is 17.3. The lowest BCUT2D eigenvalue weighted by Crippen LogP contribution is -2.01. The topological polar surface area (TPSA) is 74.6 Å². The molecule has 0 unspecified atom stereocenters. The number of rotatable bonds is 4. The lowest BCUT2D eigenvalue weighted by Gasteiger charge is -2.03. The molecular formula is C20H22O4.